The third-order valence-electron chi connectivity index (χ3n) is 2.14. The van der Waals surface area contributed by atoms with Crippen LogP contribution in [0.5, 0.6) is 0 Å². The van der Waals surface area contributed by atoms with E-state index < -0.39 is 0 Å². The standard InChI is InChI=1S/C9H15N3O/c1-7(2)13-8-5-12(6-8)9-3-4-10-11-9/h3-4,7-8H,5-6H2,1-2H3,(H,10,11). The van der Waals surface area contributed by atoms with Crippen molar-refractivity contribution in [1.29, 1.82) is 0 Å². The van der Waals surface area contributed by atoms with Crippen LogP contribution in [0.15, 0.2) is 12.3 Å². The van der Waals surface area contributed by atoms with Gasteiger partial charge in [-0.25, -0.2) is 0 Å². The highest BCUT2D eigenvalue weighted by atomic mass is 16.5. The molecule has 0 unspecified atom stereocenters. The predicted molar refractivity (Wildman–Crippen MR) is 50.8 cm³/mol. The lowest BCUT2D eigenvalue weighted by atomic mass is 10.1. The third-order valence-corrected chi connectivity index (χ3v) is 2.14. The lowest BCUT2D eigenvalue weighted by Gasteiger charge is -2.40. The van der Waals surface area contributed by atoms with Gasteiger partial charge in [-0.2, -0.15) is 5.10 Å². The highest BCUT2D eigenvalue weighted by molar-refractivity contribution is 5.40. The quantitative estimate of drug-likeness (QED) is 0.757. The molecule has 0 atom stereocenters. The molecule has 0 spiro atoms. The largest absolute Gasteiger partial charge is 0.372 e. The molecule has 0 amide bonds. The van der Waals surface area contributed by atoms with Crippen LogP contribution < -0.4 is 4.90 Å². The number of H-pyrrole nitrogens is 1. The lowest BCUT2D eigenvalue weighted by molar-refractivity contribution is -0.00745. The zero-order valence-electron chi connectivity index (χ0n) is 8.03. The fourth-order valence-corrected chi connectivity index (χ4v) is 1.53. The van der Waals surface area contributed by atoms with Crippen molar-refractivity contribution in [2.75, 3.05) is 18.0 Å². The molecule has 2 heterocycles. The van der Waals surface area contributed by atoms with Gasteiger partial charge in [-0.15, -0.1) is 0 Å². The fraction of sp³-hybridized carbons (Fsp3) is 0.667. The Hall–Kier alpha value is -1.03. The number of anilines is 1. The van der Waals surface area contributed by atoms with Gasteiger partial charge in [0.05, 0.1) is 18.4 Å². The monoisotopic (exact) mass is 181 g/mol. The smallest absolute Gasteiger partial charge is 0.124 e. The van der Waals surface area contributed by atoms with Gasteiger partial charge < -0.3 is 9.64 Å². The number of hydrogen-bond acceptors (Lipinski definition) is 3. The molecule has 13 heavy (non-hydrogen) atoms. The second-order valence-corrected chi connectivity index (χ2v) is 3.65. The summed E-state index contributed by atoms with van der Waals surface area (Å²) in [5.41, 5.74) is 0. The predicted octanol–water partition coefficient (Wildman–Crippen LogP) is 1.02. The summed E-state index contributed by atoms with van der Waals surface area (Å²) in [6.45, 7) is 6.08. The highest BCUT2D eigenvalue weighted by Crippen LogP contribution is 2.19. The molecule has 1 saturated heterocycles. The van der Waals surface area contributed by atoms with Crippen molar-refractivity contribution in [3.8, 4) is 0 Å². The van der Waals surface area contributed by atoms with E-state index in [4.69, 9.17) is 4.74 Å². The molecule has 0 radical (unpaired) electrons. The number of aromatic nitrogens is 2. The topological polar surface area (TPSA) is 41.1 Å². The number of ether oxygens (including phenoxy) is 1. The molecule has 72 valence electrons. The van der Waals surface area contributed by atoms with E-state index in [-0.39, 0.29) is 0 Å². The van der Waals surface area contributed by atoms with Crippen LogP contribution in [0.3, 0.4) is 0 Å². The van der Waals surface area contributed by atoms with Crippen LogP contribution in [-0.4, -0.2) is 35.5 Å². The zero-order chi connectivity index (χ0) is 9.26. The first-order valence-electron chi connectivity index (χ1n) is 4.65. The number of aromatic amines is 1. The number of nitrogens with zero attached hydrogens (tertiary/aromatic N) is 2. The minimum atomic E-state index is 0.328. The Morgan fingerprint density at radius 1 is 1.62 bits per heavy atom. The zero-order valence-corrected chi connectivity index (χ0v) is 8.03. The maximum Gasteiger partial charge on any atom is 0.124 e. The van der Waals surface area contributed by atoms with Gasteiger partial charge in [-0.1, -0.05) is 0 Å². The number of hydrogen-bond donors (Lipinski definition) is 1. The second-order valence-electron chi connectivity index (χ2n) is 3.65. The molecule has 1 aliphatic heterocycles. The van der Waals surface area contributed by atoms with Crippen LogP contribution in [0.2, 0.25) is 0 Å². The molecule has 1 aromatic rings. The molecule has 0 aliphatic carbocycles. The average molecular weight is 181 g/mol. The van der Waals surface area contributed by atoms with Gasteiger partial charge in [0.25, 0.3) is 0 Å². The van der Waals surface area contributed by atoms with Crippen molar-refractivity contribution < 1.29 is 4.74 Å². The minimum absolute atomic E-state index is 0.328. The summed E-state index contributed by atoms with van der Waals surface area (Å²) in [6.07, 6.45) is 2.49. The molecule has 1 fully saturated rings. The Bertz CT molecular complexity index is 252. The molecular formula is C9H15N3O. The molecule has 0 bridgehead atoms. The summed E-state index contributed by atoms with van der Waals surface area (Å²) < 4.78 is 5.64. The number of rotatable bonds is 3. The third kappa shape index (κ3) is 1.83. The molecule has 1 N–H and O–H groups in total. The summed E-state index contributed by atoms with van der Waals surface area (Å²) in [4.78, 5) is 2.22. The Morgan fingerprint density at radius 3 is 2.92 bits per heavy atom. The maximum atomic E-state index is 5.64. The van der Waals surface area contributed by atoms with E-state index in [0.717, 1.165) is 18.9 Å². The molecule has 4 nitrogen and oxygen atoms in total. The summed E-state index contributed by atoms with van der Waals surface area (Å²) in [5, 5.41) is 6.84. The van der Waals surface area contributed by atoms with E-state index in [2.05, 4.69) is 28.9 Å². The van der Waals surface area contributed by atoms with Crippen molar-refractivity contribution in [2.24, 2.45) is 0 Å². The summed E-state index contributed by atoms with van der Waals surface area (Å²) in [5.74, 6) is 1.09. The highest BCUT2D eigenvalue weighted by Gasteiger charge is 2.28. The Morgan fingerprint density at radius 2 is 2.38 bits per heavy atom. The van der Waals surface area contributed by atoms with E-state index in [1.54, 1.807) is 6.20 Å². The van der Waals surface area contributed by atoms with Crippen LogP contribution in [-0.2, 0) is 4.74 Å². The summed E-state index contributed by atoms with van der Waals surface area (Å²) in [7, 11) is 0. The van der Waals surface area contributed by atoms with E-state index in [9.17, 15) is 0 Å². The van der Waals surface area contributed by atoms with Crippen LogP contribution >= 0.6 is 0 Å². The summed E-state index contributed by atoms with van der Waals surface area (Å²) in [6, 6.07) is 1.98. The first-order valence-corrected chi connectivity index (χ1v) is 4.65. The van der Waals surface area contributed by atoms with Gasteiger partial charge in [-0.3, -0.25) is 5.10 Å². The van der Waals surface area contributed by atoms with Crippen molar-refractivity contribution in [2.45, 2.75) is 26.1 Å². The van der Waals surface area contributed by atoms with Crippen LogP contribution in [0.4, 0.5) is 5.82 Å². The van der Waals surface area contributed by atoms with E-state index in [1.807, 2.05) is 6.07 Å². The van der Waals surface area contributed by atoms with Crippen molar-refractivity contribution in [3.05, 3.63) is 12.3 Å². The average Bonchev–Trinajstić information content (AvgIpc) is 2.46. The Labute approximate surface area is 77.9 Å². The molecule has 0 aromatic carbocycles. The van der Waals surface area contributed by atoms with E-state index in [1.165, 1.54) is 0 Å². The molecule has 4 heteroatoms. The molecule has 0 saturated carbocycles. The Balaban J connectivity index is 1.79. The van der Waals surface area contributed by atoms with Crippen molar-refractivity contribution >= 4 is 5.82 Å². The molecule has 2 rings (SSSR count). The SMILES string of the molecule is CC(C)OC1CN(c2ccn[nH]2)C1. The van der Waals surface area contributed by atoms with E-state index in [0.29, 0.717) is 12.2 Å². The van der Waals surface area contributed by atoms with Gasteiger partial charge >= 0.3 is 0 Å². The normalized spacial score (nSPS) is 17.9. The van der Waals surface area contributed by atoms with Crippen LogP contribution in [0.1, 0.15) is 13.8 Å². The van der Waals surface area contributed by atoms with Gasteiger partial charge in [0.1, 0.15) is 5.82 Å². The number of nitrogens with one attached hydrogen (secondary N) is 1. The van der Waals surface area contributed by atoms with Gasteiger partial charge in [0, 0.05) is 19.2 Å². The van der Waals surface area contributed by atoms with Crippen molar-refractivity contribution in [3.63, 3.8) is 0 Å². The molecule has 1 aromatic heterocycles. The Kier molecular flexibility index (Phi) is 2.22. The van der Waals surface area contributed by atoms with Gasteiger partial charge in [-0.05, 0) is 13.8 Å². The first-order chi connectivity index (χ1) is 6.25. The van der Waals surface area contributed by atoms with Crippen LogP contribution in [0.25, 0.3) is 0 Å². The van der Waals surface area contributed by atoms with E-state index >= 15 is 0 Å². The molecule has 1 aliphatic rings. The summed E-state index contributed by atoms with van der Waals surface area (Å²) >= 11 is 0. The van der Waals surface area contributed by atoms with Crippen LogP contribution in [0, 0.1) is 0 Å². The van der Waals surface area contributed by atoms with Gasteiger partial charge in [0.15, 0.2) is 0 Å². The minimum Gasteiger partial charge on any atom is -0.372 e. The fourth-order valence-electron chi connectivity index (χ4n) is 1.53. The second kappa shape index (κ2) is 3.38. The maximum absolute atomic E-state index is 5.64. The van der Waals surface area contributed by atoms with Gasteiger partial charge in [0.2, 0.25) is 0 Å². The van der Waals surface area contributed by atoms with Crippen molar-refractivity contribution in [1.82, 2.24) is 10.2 Å². The molecular weight excluding hydrogens is 166 g/mol. The first kappa shape index (κ1) is 8.56. The lowest BCUT2D eigenvalue weighted by Crippen LogP contribution is -2.53.